The number of piperidine rings is 1. The summed E-state index contributed by atoms with van der Waals surface area (Å²) in [6.07, 6.45) is 2.40. The van der Waals surface area contributed by atoms with Crippen LogP contribution >= 0.6 is 8.60 Å². The summed E-state index contributed by atoms with van der Waals surface area (Å²) in [4.78, 5) is 0. The molecular formula is C10H22NO4P. The smallest absolute Gasteiger partial charge is 0.334 e. The third-order valence-electron chi connectivity index (χ3n) is 2.22. The first-order valence-electron chi connectivity index (χ1n) is 5.88. The van der Waals surface area contributed by atoms with Crippen molar-refractivity contribution in [1.29, 1.82) is 0 Å². The molecule has 1 saturated heterocycles. The van der Waals surface area contributed by atoms with Crippen molar-refractivity contribution in [3.63, 3.8) is 0 Å². The van der Waals surface area contributed by atoms with Crippen LogP contribution in [-0.2, 0) is 18.3 Å². The highest BCUT2D eigenvalue weighted by Crippen LogP contribution is 2.39. The van der Waals surface area contributed by atoms with E-state index in [9.17, 15) is 0 Å². The zero-order valence-electron chi connectivity index (χ0n) is 10.1. The minimum absolute atomic E-state index is 0.260. The molecule has 1 heterocycles. The molecule has 0 unspecified atom stereocenters. The van der Waals surface area contributed by atoms with Gasteiger partial charge in [0, 0.05) is 0 Å². The number of hydrogen-bond acceptors (Lipinski definition) is 5. The summed E-state index contributed by atoms with van der Waals surface area (Å²) in [5.74, 6) is 0. The average molecular weight is 251 g/mol. The van der Waals surface area contributed by atoms with Crippen LogP contribution in [0.3, 0.4) is 0 Å². The normalized spacial score (nSPS) is 18.2. The van der Waals surface area contributed by atoms with E-state index >= 15 is 0 Å². The molecule has 0 aromatic carbocycles. The summed E-state index contributed by atoms with van der Waals surface area (Å²) < 4.78 is 21.6. The van der Waals surface area contributed by atoms with E-state index in [0.717, 1.165) is 25.9 Å². The summed E-state index contributed by atoms with van der Waals surface area (Å²) in [6.45, 7) is 7.35. The third kappa shape index (κ3) is 6.09. The fourth-order valence-electron chi connectivity index (χ4n) is 1.45. The zero-order valence-corrected chi connectivity index (χ0v) is 11.0. The first-order chi connectivity index (χ1) is 7.86. The van der Waals surface area contributed by atoms with E-state index in [-0.39, 0.29) is 6.79 Å². The monoisotopic (exact) mass is 251 g/mol. The maximum Gasteiger partial charge on any atom is 0.334 e. The van der Waals surface area contributed by atoms with E-state index in [1.54, 1.807) is 0 Å². The van der Waals surface area contributed by atoms with Gasteiger partial charge in [-0.15, -0.1) is 0 Å². The third-order valence-corrected chi connectivity index (χ3v) is 3.47. The van der Waals surface area contributed by atoms with Crippen LogP contribution in [0.15, 0.2) is 0 Å². The molecule has 0 saturated carbocycles. The van der Waals surface area contributed by atoms with Gasteiger partial charge in [0.2, 0.25) is 0 Å². The number of nitrogens with one attached hydrogen (secondary N) is 1. The van der Waals surface area contributed by atoms with Crippen molar-refractivity contribution in [3.8, 4) is 0 Å². The molecule has 6 heteroatoms. The lowest BCUT2D eigenvalue weighted by Gasteiger charge is -2.23. The van der Waals surface area contributed by atoms with Crippen molar-refractivity contribution in [2.24, 2.45) is 0 Å². The predicted octanol–water partition coefficient (Wildman–Crippen LogP) is 2.03. The molecule has 1 aliphatic heterocycles. The zero-order chi connectivity index (χ0) is 11.6. The van der Waals surface area contributed by atoms with Gasteiger partial charge in [-0.2, -0.15) is 0 Å². The Balaban J connectivity index is 2.06. The molecule has 1 N–H and O–H groups in total. The van der Waals surface area contributed by atoms with Gasteiger partial charge in [-0.1, -0.05) is 0 Å². The van der Waals surface area contributed by atoms with Crippen LogP contribution in [0, 0.1) is 0 Å². The van der Waals surface area contributed by atoms with E-state index < -0.39 is 8.60 Å². The van der Waals surface area contributed by atoms with Gasteiger partial charge in [0.05, 0.1) is 19.3 Å². The van der Waals surface area contributed by atoms with Crippen molar-refractivity contribution in [2.75, 3.05) is 33.1 Å². The Bertz CT molecular complexity index is 161. The van der Waals surface area contributed by atoms with Crippen molar-refractivity contribution in [3.05, 3.63) is 0 Å². The molecule has 1 aliphatic rings. The maximum absolute atomic E-state index is 5.60. The summed E-state index contributed by atoms with van der Waals surface area (Å²) >= 11 is 0. The van der Waals surface area contributed by atoms with Crippen LogP contribution < -0.4 is 5.32 Å². The molecular weight excluding hydrogens is 229 g/mol. The summed E-state index contributed by atoms with van der Waals surface area (Å²) in [7, 11) is -1.23. The van der Waals surface area contributed by atoms with Crippen molar-refractivity contribution >= 4 is 8.60 Å². The lowest BCUT2D eigenvalue weighted by molar-refractivity contribution is -0.0548. The fraction of sp³-hybridized carbons (Fsp3) is 1.00. The van der Waals surface area contributed by atoms with Crippen LogP contribution in [0.25, 0.3) is 0 Å². The van der Waals surface area contributed by atoms with Gasteiger partial charge in [0.15, 0.2) is 6.79 Å². The molecule has 0 radical (unpaired) electrons. The Hall–Kier alpha value is 0.230. The lowest BCUT2D eigenvalue weighted by atomic mass is 10.1. The number of rotatable bonds is 8. The predicted molar refractivity (Wildman–Crippen MR) is 63.1 cm³/mol. The van der Waals surface area contributed by atoms with Crippen LogP contribution in [-0.4, -0.2) is 39.2 Å². The Morgan fingerprint density at radius 2 is 1.69 bits per heavy atom. The summed E-state index contributed by atoms with van der Waals surface area (Å²) in [5, 5.41) is 3.29. The van der Waals surface area contributed by atoms with Crippen LogP contribution in [0.2, 0.25) is 0 Å². The molecule has 0 bridgehead atoms. The second-order valence-corrected chi connectivity index (χ2v) is 4.64. The molecule has 0 atom stereocenters. The van der Waals surface area contributed by atoms with Crippen LogP contribution in [0.1, 0.15) is 26.7 Å². The molecule has 1 fully saturated rings. The minimum atomic E-state index is -1.23. The van der Waals surface area contributed by atoms with Gasteiger partial charge in [-0.3, -0.25) is 4.52 Å². The van der Waals surface area contributed by atoms with E-state index in [4.69, 9.17) is 18.3 Å². The quantitative estimate of drug-likeness (QED) is 0.528. The topological polar surface area (TPSA) is 49.0 Å². The summed E-state index contributed by atoms with van der Waals surface area (Å²) in [5.41, 5.74) is 0. The van der Waals surface area contributed by atoms with Crippen molar-refractivity contribution < 1.29 is 18.3 Å². The van der Waals surface area contributed by atoms with Gasteiger partial charge in [0.1, 0.15) is 0 Å². The lowest BCUT2D eigenvalue weighted by Crippen LogP contribution is -2.32. The highest BCUT2D eigenvalue weighted by atomic mass is 31.2. The largest absolute Gasteiger partial charge is 0.352 e. The van der Waals surface area contributed by atoms with E-state index in [1.807, 2.05) is 13.8 Å². The maximum atomic E-state index is 5.60. The molecule has 96 valence electrons. The molecule has 16 heavy (non-hydrogen) atoms. The Morgan fingerprint density at radius 3 is 2.25 bits per heavy atom. The highest BCUT2D eigenvalue weighted by molar-refractivity contribution is 7.41. The van der Waals surface area contributed by atoms with Gasteiger partial charge >= 0.3 is 8.60 Å². The van der Waals surface area contributed by atoms with Gasteiger partial charge < -0.3 is 19.1 Å². The van der Waals surface area contributed by atoms with Crippen molar-refractivity contribution in [2.45, 2.75) is 32.8 Å². The van der Waals surface area contributed by atoms with Crippen LogP contribution in [0.4, 0.5) is 0 Å². The van der Waals surface area contributed by atoms with Crippen molar-refractivity contribution in [1.82, 2.24) is 5.32 Å². The highest BCUT2D eigenvalue weighted by Gasteiger charge is 2.15. The molecule has 0 amide bonds. The first kappa shape index (κ1) is 14.3. The van der Waals surface area contributed by atoms with E-state index in [2.05, 4.69) is 5.32 Å². The SMILES string of the molecule is CCOP(OCC)OCOC1CCNCC1. The van der Waals surface area contributed by atoms with E-state index in [1.165, 1.54) is 0 Å². The molecule has 0 aliphatic carbocycles. The number of ether oxygens (including phenoxy) is 1. The number of hydrogen-bond donors (Lipinski definition) is 1. The summed E-state index contributed by atoms with van der Waals surface area (Å²) in [6, 6.07) is 0. The van der Waals surface area contributed by atoms with E-state index in [0.29, 0.717) is 19.3 Å². The van der Waals surface area contributed by atoms with Crippen LogP contribution in [0.5, 0.6) is 0 Å². The second-order valence-electron chi connectivity index (χ2n) is 3.42. The second kappa shape index (κ2) is 9.28. The fourth-order valence-corrected chi connectivity index (χ4v) is 2.25. The molecule has 0 spiro atoms. The first-order valence-corrected chi connectivity index (χ1v) is 6.97. The molecule has 5 nitrogen and oxygen atoms in total. The van der Waals surface area contributed by atoms with Gasteiger partial charge in [0.25, 0.3) is 0 Å². The molecule has 0 aromatic rings. The minimum Gasteiger partial charge on any atom is -0.352 e. The van der Waals surface area contributed by atoms with Gasteiger partial charge in [-0.25, -0.2) is 0 Å². The molecule has 1 rings (SSSR count). The standard InChI is InChI=1S/C10H22NO4P/c1-3-13-16(14-4-2)15-9-12-10-5-7-11-8-6-10/h10-11H,3-9H2,1-2H3. The van der Waals surface area contributed by atoms with Gasteiger partial charge in [-0.05, 0) is 39.8 Å². The molecule has 0 aromatic heterocycles. The Labute approximate surface area is 98.8 Å². The average Bonchev–Trinajstić information content (AvgIpc) is 2.31. The Morgan fingerprint density at radius 1 is 1.06 bits per heavy atom. The Kier molecular flexibility index (Phi) is 8.29.